The first-order valence-corrected chi connectivity index (χ1v) is 6.53. The lowest BCUT2D eigenvalue weighted by atomic mass is 9.96. The Morgan fingerprint density at radius 3 is 2.37 bits per heavy atom. The maximum Gasteiger partial charge on any atom is 0.326 e. The van der Waals surface area contributed by atoms with E-state index in [1.54, 1.807) is 0 Å². The molecule has 0 aromatic carbocycles. The standard InChI is InChI=1S/C12H21N3O4/c1-2-3-9(11(17)18)14-12(19)15-6-4-8(5-7-15)10(13)16/h8-9H,2-7H2,1H3,(H2,13,16)(H,14,19)(H,17,18)/t9-/m0/s1. The molecule has 0 bridgehead atoms. The van der Waals surface area contributed by atoms with Gasteiger partial charge in [0.2, 0.25) is 5.91 Å². The maximum absolute atomic E-state index is 11.9. The molecule has 1 atom stereocenters. The lowest BCUT2D eigenvalue weighted by Crippen LogP contribution is -2.51. The van der Waals surface area contributed by atoms with Crippen molar-refractivity contribution in [2.24, 2.45) is 11.7 Å². The Morgan fingerprint density at radius 1 is 1.37 bits per heavy atom. The van der Waals surface area contributed by atoms with Crippen molar-refractivity contribution in [3.05, 3.63) is 0 Å². The van der Waals surface area contributed by atoms with Crippen molar-refractivity contribution in [2.45, 2.75) is 38.6 Å². The Hall–Kier alpha value is -1.79. The van der Waals surface area contributed by atoms with Crippen LogP contribution in [-0.2, 0) is 9.59 Å². The summed E-state index contributed by atoms with van der Waals surface area (Å²) in [5.41, 5.74) is 5.21. The predicted octanol–water partition coefficient (Wildman–Crippen LogP) is 0.147. The molecule has 3 amide bonds. The average molecular weight is 271 g/mol. The van der Waals surface area contributed by atoms with Gasteiger partial charge < -0.3 is 21.1 Å². The number of rotatable bonds is 5. The molecule has 7 nitrogen and oxygen atoms in total. The summed E-state index contributed by atoms with van der Waals surface area (Å²) in [5, 5.41) is 11.5. The summed E-state index contributed by atoms with van der Waals surface area (Å²) in [7, 11) is 0. The third-order valence-electron chi connectivity index (χ3n) is 3.36. The Labute approximate surface area is 112 Å². The number of nitrogens with one attached hydrogen (secondary N) is 1. The first-order chi connectivity index (χ1) is 8.95. The van der Waals surface area contributed by atoms with E-state index in [1.807, 2.05) is 6.92 Å². The topological polar surface area (TPSA) is 113 Å². The van der Waals surface area contributed by atoms with Gasteiger partial charge in [-0.15, -0.1) is 0 Å². The molecule has 4 N–H and O–H groups in total. The molecule has 0 saturated carbocycles. The number of primary amides is 1. The number of carboxylic acids is 1. The van der Waals surface area contributed by atoms with E-state index in [1.165, 1.54) is 4.90 Å². The van der Waals surface area contributed by atoms with Crippen LogP contribution in [0.4, 0.5) is 4.79 Å². The van der Waals surface area contributed by atoms with Crippen molar-refractivity contribution in [3.63, 3.8) is 0 Å². The Balaban J connectivity index is 2.46. The molecule has 0 aromatic heterocycles. The van der Waals surface area contributed by atoms with Crippen LogP contribution in [0.3, 0.4) is 0 Å². The van der Waals surface area contributed by atoms with Gasteiger partial charge in [-0.2, -0.15) is 0 Å². The van der Waals surface area contributed by atoms with Gasteiger partial charge in [0.1, 0.15) is 6.04 Å². The quantitative estimate of drug-likeness (QED) is 0.660. The van der Waals surface area contributed by atoms with Crippen LogP contribution >= 0.6 is 0 Å². The summed E-state index contributed by atoms with van der Waals surface area (Å²) in [6.45, 7) is 2.72. The Kier molecular flexibility index (Phi) is 5.59. The molecule has 0 unspecified atom stereocenters. The number of hydrogen-bond acceptors (Lipinski definition) is 3. The molecular weight excluding hydrogens is 250 g/mol. The fourth-order valence-corrected chi connectivity index (χ4v) is 2.15. The molecule has 0 spiro atoms. The summed E-state index contributed by atoms with van der Waals surface area (Å²) in [6.07, 6.45) is 2.16. The van der Waals surface area contributed by atoms with Crippen molar-refractivity contribution >= 4 is 17.9 Å². The summed E-state index contributed by atoms with van der Waals surface area (Å²) in [5.74, 6) is -1.55. The van der Waals surface area contributed by atoms with Crippen LogP contribution in [0.15, 0.2) is 0 Å². The predicted molar refractivity (Wildman–Crippen MR) is 68.4 cm³/mol. The minimum Gasteiger partial charge on any atom is -0.480 e. The molecule has 1 rings (SSSR count). The summed E-state index contributed by atoms with van der Waals surface area (Å²) >= 11 is 0. The van der Waals surface area contributed by atoms with E-state index in [0.717, 1.165) is 0 Å². The third kappa shape index (κ3) is 4.42. The summed E-state index contributed by atoms with van der Waals surface area (Å²) in [4.78, 5) is 35.4. The summed E-state index contributed by atoms with van der Waals surface area (Å²) < 4.78 is 0. The minimum absolute atomic E-state index is 0.185. The normalized spacial score (nSPS) is 17.8. The van der Waals surface area contributed by atoms with E-state index in [2.05, 4.69) is 5.32 Å². The highest BCUT2D eigenvalue weighted by atomic mass is 16.4. The number of amides is 3. The number of nitrogens with two attached hydrogens (primary N) is 1. The zero-order chi connectivity index (χ0) is 14.4. The molecule has 0 aliphatic carbocycles. The van der Waals surface area contributed by atoms with Crippen LogP contribution < -0.4 is 11.1 Å². The van der Waals surface area contributed by atoms with Crippen molar-refractivity contribution in [1.82, 2.24) is 10.2 Å². The van der Waals surface area contributed by atoms with Gasteiger partial charge in [0.05, 0.1) is 0 Å². The lowest BCUT2D eigenvalue weighted by Gasteiger charge is -2.31. The van der Waals surface area contributed by atoms with Gasteiger partial charge in [0.15, 0.2) is 0 Å². The molecule has 1 heterocycles. The van der Waals surface area contributed by atoms with E-state index in [-0.39, 0.29) is 17.9 Å². The number of carboxylic acid groups (broad SMARTS) is 1. The average Bonchev–Trinajstić information content (AvgIpc) is 2.38. The van der Waals surface area contributed by atoms with Gasteiger partial charge in [-0.1, -0.05) is 13.3 Å². The number of likely N-dealkylation sites (tertiary alicyclic amines) is 1. The fourth-order valence-electron chi connectivity index (χ4n) is 2.15. The van der Waals surface area contributed by atoms with E-state index in [9.17, 15) is 14.4 Å². The zero-order valence-corrected chi connectivity index (χ0v) is 11.1. The molecule has 1 fully saturated rings. The van der Waals surface area contributed by atoms with Gasteiger partial charge >= 0.3 is 12.0 Å². The van der Waals surface area contributed by atoms with Crippen LogP contribution in [0.25, 0.3) is 0 Å². The third-order valence-corrected chi connectivity index (χ3v) is 3.36. The van der Waals surface area contributed by atoms with Crippen molar-refractivity contribution in [2.75, 3.05) is 13.1 Å². The highest BCUT2D eigenvalue weighted by molar-refractivity contribution is 5.83. The number of aliphatic carboxylic acids is 1. The van der Waals surface area contributed by atoms with Crippen molar-refractivity contribution in [1.29, 1.82) is 0 Å². The maximum atomic E-state index is 11.9. The van der Waals surface area contributed by atoms with Crippen LogP contribution in [0.5, 0.6) is 0 Å². The second-order valence-electron chi connectivity index (χ2n) is 4.79. The lowest BCUT2D eigenvalue weighted by molar-refractivity contribution is -0.139. The molecule has 19 heavy (non-hydrogen) atoms. The number of carbonyl (C=O) groups excluding carboxylic acids is 2. The molecule has 1 aliphatic rings. The molecule has 7 heteroatoms. The van der Waals surface area contributed by atoms with Crippen molar-refractivity contribution in [3.8, 4) is 0 Å². The monoisotopic (exact) mass is 271 g/mol. The van der Waals surface area contributed by atoms with Gasteiger partial charge in [0.25, 0.3) is 0 Å². The molecule has 1 saturated heterocycles. The number of hydrogen-bond donors (Lipinski definition) is 3. The summed E-state index contributed by atoms with van der Waals surface area (Å²) in [6, 6.07) is -1.24. The number of carbonyl (C=O) groups is 3. The van der Waals surface area contributed by atoms with Crippen LogP contribution in [0.2, 0.25) is 0 Å². The van der Waals surface area contributed by atoms with Gasteiger partial charge in [0, 0.05) is 19.0 Å². The van der Waals surface area contributed by atoms with E-state index in [4.69, 9.17) is 10.8 Å². The second-order valence-corrected chi connectivity index (χ2v) is 4.79. The van der Waals surface area contributed by atoms with Gasteiger partial charge in [-0.05, 0) is 19.3 Å². The first-order valence-electron chi connectivity index (χ1n) is 6.53. The van der Waals surface area contributed by atoms with Gasteiger partial charge in [-0.25, -0.2) is 9.59 Å². The van der Waals surface area contributed by atoms with E-state index >= 15 is 0 Å². The smallest absolute Gasteiger partial charge is 0.326 e. The molecule has 108 valence electrons. The van der Waals surface area contributed by atoms with Crippen molar-refractivity contribution < 1.29 is 19.5 Å². The molecular formula is C12H21N3O4. The number of piperidine rings is 1. The van der Waals surface area contributed by atoms with Crippen LogP contribution in [0.1, 0.15) is 32.6 Å². The van der Waals surface area contributed by atoms with E-state index < -0.39 is 12.0 Å². The van der Waals surface area contributed by atoms with Gasteiger partial charge in [-0.3, -0.25) is 4.79 Å². The second kappa shape index (κ2) is 6.96. The highest BCUT2D eigenvalue weighted by Crippen LogP contribution is 2.16. The first kappa shape index (κ1) is 15.3. The highest BCUT2D eigenvalue weighted by Gasteiger charge is 2.28. The Bertz CT molecular complexity index is 351. The molecule has 0 aromatic rings. The SMILES string of the molecule is CCC[C@H](NC(=O)N1CCC(C(N)=O)CC1)C(=O)O. The van der Waals surface area contributed by atoms with Crippen LogP contribution in [-0.4, -0.2) is 47.0 Å². The number of urea groups is 1. The van der Waals surface area contributed by atoms with Crippen LogP contribution in [0, 0.1) is 5.92 Å². The van der Waals surface area contributed by atoms with E-state index in [0.29, 0.717) is 38.8 Å². The molecule has 1 aliphatic heterocycles. The fraction of sp³-hybridized carbons (Fsp3) is 0.750. The zero-order valence-electron chi connectivity index (χ0n) is 11.1. The Morgan fingerprint density at radius 2 is 1.95 bits per heavy atom. The minimum atomic E-state index is -1.03. The number of nitrogens with zero attached hydrogens (tertiary/aromatic N) is 1. The molecule has 0 radical (unpaired) electrons. The largest absolute Gasteiger partial charge is 0.480 e.